The van der Waals surface area contributed by atoms with Gasteiger partial charge in [-0.3, -0.25) is 19.3 Å². The average Bonchev–Trinajstić information content (AvgIpc) is 3.34. The van der Waals surface area contributed by atoms with Crippen LogP contribution >= 0.6 is 0 Å². The van der Waals surface area contributed by atoms with Crippen molar-refractivity contribution in [1.82, 2.24) is 20.1 Å². The highest BCUT2D eigenvalue weighted by molar-refractivity contribution is 6.23. The number of hydrogen-bond donors (Lipinski definition) is 0. The number of fused-ring (bicyclic) bond motifs is 1. The molecular formula is C24H29N5O4. The first-order chi connectivity index (χ1) is 15.9. The van der Waals surface area contributed by atoms with Crippen LogP contribution in [0.15, 0.2) is 22.8 Å². The summed E-state index contributed by atoms with van der Waals surface area (Å²) >= 11 is 0. The van der Waals surface area contributed by atoms with Gasteiger partial charge in [-0.25, -0.2) is 4.63 Å². The van der Waals surface area contributed by atoms with E-state index in [-0.39, 0.29) is 30.2 Å². The number of imide groups is 1. The molecule has 0 saturated carbocycles. The number of carbonyl (C=O) groups is 3. The maximum absolute atomic E-state index is 13.3. The van der Waals surface area contributed by atoms with E-state index >= 15 is 0 Å². The lowest BCUT2D eigenvalue weighted by Gasteiger charge is -2.38. The van der Waals surface area contributed by atoms with Crippen molar-refractivity contribution in [1.29, 1.82) is 0 Å². The Morgan fingerprint density at radius 2 is 1.91 bits per heavy atom. The summed E-state index contributed by atoms with van der Waals surface area (Å²) < 4.78 is 4.72. The van der Waals surface area contributed by atoms with Crippen LogP contribution in [0.3, 0.4) is 0 Å². The second-order valence-corrected chi connectivity index (χ2v) is 9.51. The fraction of sp³-hybridized carbons (Fsp3) is 0.542. The number of rotatable bonds is 4. The number of carbonyl (C=O) groups excluding carboxylic acids is 3. The van der Waals surface area contributed by atoms with Crippen LogP contribution in [0.5, 0.6) is 0 Å². The molecule has 0 bridgehead atoms. The third-order valence-corrected chi connectivity index (χ3v) is 7.11. The van der Waals surface area contributed by atoms with Gasteiger partial charge in [0.2, 0.25) is 5.91 Å². The van der Waals surface area contributed by atoms with Crippen molar-refractivity contribution in [2.24, 2.45) is 11.8 Å². The molecule has 3 aliphatic rings. The molecule has 2 aromatic rings. The highest BCUT2D eigenvalue weighted by Gasteiger charge is 2.40. The number of aromatic nitrogens is 2. The summed E-state index contributed by atoms with van der Waals surface area (Å²) in [6, 6.07) is 5.38. The summed E-state index contributed by atoms with van der Waals surface area (Å²) in [5, 5.41) is 7.55. The largest absolute Gasteiger partial charge is 0.370 e. The molecule has 0 radical (unpaired) electrons. The summed E-state index contributed by atoms with van der Waals surface area (Å²) in [5.74, 6) is -0.0145. The Morgan fingerprint density at radius 1 is 1.09 bits per heavy atom. The van der Waals surface area contributed by atoms with Crippen LogP contribution in [0.4, 0.5) is 5.69 Å². The molecule has 9 nitrogen and oxygen atoms in total. The zero-order valence-electron chi connectivity index (χ0n) is 19.1. The van der Waals surface area contributed by atoms with Crippen molar-refractivity contribution in [2.75, 3.05) is 31.1 Å². The monoisotopic (exact) mass is 451 g/mol. The highest BCUT2D eigenvalue weighted by atomic mass is 16.6. The summed E-state index contributed by atoms with van der Waals surface area (Å²) in [7, 11) is 0. The molecule has 174 valence electrons. The molecule has 3 aliphatic heterocycles. The molecule has 2 fully saturated rings. The Labute approximate surface area is 192 Å². The van der Waals surface area contributed by atoms with Crippen molar-refractivity contribution in [3.63, 3.8) is 0 Å². The van der Waals surface area contributed by atoms with Crippen molar-refractivity contribution in [3.8, 4) is 0 Å². The van der Waals surface area contributed by atoms with Gasteiger partial charge < -0.3 is 9.80 Å². The van der Waals surface area contributed by atoms with Crippen molar-refractivity contribution >= 4 is 23.4 Å². The van der Waals surface area contributed by atoms with E-state index in [0.717, 1.165) is 44.6 Å². The molecule has 0 spiro atoms. The van der Waals surface area contributed by atoms with E-state index in [2.05, 4.69) is 22.1 Å². The van der Waals surface area contributed by atoms with Crippen LogP contribution in [0, 0.1) is 18.8 Å². The van der Waals surface area contributed by atoms with E-state index in [0.29, 0.717) is 35.0 Å². The third kappa shape index (κ3) is 3.89. The van der Waals surface area contributed by atoms with Gasteiger partial charge in [-0.15, -0.1) is 0 Å². The molecule has 2 atom stereocenters. The molecule has 3 amide bonds. The molecule has 1 aromatic heterocycles. The first kappa shape index (κ1) is 21.6. The van der Waals surface area contributed by atoms with E-state index in [9.17, 15) is 14.4 Å². The molecule has 0 N–H and O–H groups in total. The normalized spacial score (nSPS) is 23.3. The third-order valence-electron chi connectivity index (χ3n) is 7.11. The molecule has 4 heterocycles. The summed E-state index contributed by atoms with van der Waals surface area (Å²) in [6.07, 6.45) is 3.96. The summed E-state index contributed by atoms with van der Waals surface area (Å²) in [6.45, 7) is 6.93. The maximum Gasteiger partial charge on any atom is 0.264 e. The number of hydrogen-bond acceptors (Lipinski definition) is 7. The Morgan fingerprint density at radius 3 is 2.67 bits per heavy atom. The molecule has 2 saturated heterocycles. The van der Waals surface area contributed by atoms with E-state index in [1.54, 1.807) is 13.0 Å². The number of piperidine rings is 2. The number of anilines is 1. The average molecular weight is 452 g/mol. The molecular weight excluding hydrogens is 422 g/mol. The maximum atomic E-state index is 13.3. The van der Waals surface area contributed by atoms with E-state index in [1.165, 1.54) is 11.3 Å². The number of aryl methyl sites for hydroxylation is 1. The first-order valence-corrected chi connectivity index (χ1v) is 11.7. The Balaban J connectivity index is 1.37. The van der Waals surface area contributed by atoms with Gasteiger partial charge >= 0.3 is 0 Å². The van der Waals surface area contributed by atoms with Crippen molar-refractivity contribution in [3.05, 3.63) is 40.7 Å². The van der Waals surface area contributed by atoms with E-state index in [1.807, 2.05) is 17.0 Å². The zero-order chi connectivity index (χ0) is 23.1. The van der Waals surface area contributed by atoms with E-state index < -0.39 is 0 Å². The van der Waals surface area contributed by atoms with Gasteiger partial charge in [0.15, 0.2) is 0 Å². The quantitative estimate of drug-likeness (QED) is 0.659. The molecule has 9 heteroatoms. The molecule has 0 aliphatic carbocycles. The minimum Gasteiger partial charge on any atom is -0.370 e. The lowest BCUT2D eigenvalue weighted by Crippen LogP contribution is -2.48. The minimum absolute atomic E-state index is 0.0232. The number of benzene rings is 1. The summed E-state index contributed by atoms with van der Waals surface area (Å²) in [4.78, 5) is 44.9. The summed E-state index contributed by atoms with van der Waals surface area (Å²) in [5.41, 5.74) is 2.55. The lowest BCUT2D eigenvalue weighted by molar-refractivity contribution is -0.137. The lowest BCUT2D eigenvalue weighted by atomic mass is 9.93. The van der Waals surface area contributed by atoms with Gasteiger partial charge in [0.25, 0.3) is 11.8 Å². The fourth-order valence-corrected chi connectivity index (χ4v) is 5.31. The highest BCUT2D eigenvalue weighted by Crippen LogP contribution is 2.35. The molecule has 1 aromatic carbocycles. The second kappa shape index (κ2) is 8.61. The standard InChI is InChI=1S/C24H29N5O4/c1-15-6-4-11-28(12-15)22(30)17-7-5-10-27(13-17)20-9-3-8-18-21(20)24(32)29(23(18)31)14-19-16(2)25-33-26-19/h3,8-9,15,17H,4-7,10-14H2,1-2H3/t15-,17-/m1/s1. The van der Waals surface area contributed by atoms with Gasteiger partial charge in [-0.05, 0) is 50.7 Å². The minimum atomic E-state index is -0.341. The van der Waals surface area contributed by atoms with Crippen LogP contribution in [0.25, 0.3) is 0 Å². The van der Waals surface area contributed by atoms with Crippen LogP contribution in [-0.2, 0) is 11.3 Å². The SMILES string of the molecule is Cc1nonc1CN1C(=O)c2cccc(N3CCC[C@@H](C(=O)N4CCC[C@@H](C)C4)C3)c2C1=O. The molecule has 33 heavy (non-hydrogen) atoms. The predicted molar refractivity (Wildman–Crippen MR) is 120 cm³/mol. The van der Waals surface area contributed by atoms with Crippen LogP contribution in [0.2, 0.25) is 0 Å². The fourth-order valence-electron chi connectivity index (χ4n) is 5.31. The number of amides is 3. The molecule has 5 rings (SSSR count). The van der Waals surface area contributed by atoms with Crippen molar-refractivity contribution < 1.29 is 19.0 Å². The van der Waals surface area contributed by atoms with Crippen LogP contribution in [-0.4, -0.2) is 64.0 Å². The molecule has 0 unspecified atom stereocenters. The number of likely N-dealkylation sites (tertiary alicyclic amines) is 1. The Hall–Kier alpha value is -3.23. The van der Waals surface area contributed by atoms with Crippen LogP contribution in [0.1, 0.15) is 64.7 Å². The smallest absolute Gasteiger partial charge is 0.264 e. The van der Waals surface area contributed by atoms with Gasteiger partial charge in [0.05, 0.1) is 29.3 Å². The van der Waals surface area contributed by atoms with Crippen molar-refractivity contribution in [2.45, 2.75) is 46.1 Å². The van der Waals surface area contributed by atoms with Gasteiger partial charge in [-0.2, -0.15) is 0 Å². The first-order valence-electron chi connectivity index (χ1n) is 11.7. The van der Waals surface area contributed by atoms with Gasteiger partial charge in [0.1, 0.15) is 11.4 Å². The zero-order valence-corrected chi connectivity index (χ0v) is 19.1. The van der Waals surface area contributed by atoms with Crippen LogP contribution < -0.4 is 4.90 Å². The van der Waals surface area contributed by atoms with Gasteiger partial charge in [-0.1, -0.05) is 23.3 Å². The Kier molecular flexibility index (Phi) is 5.64. The topological polar surface area (TPSA) is 99.8 Å². The predicted octanol–water partition coefficient (Wildman–Crippen LogP) is 2.65. The van der Waals surface area contributed by atoms with Gasteiger partial charge in [0, 0.05) is 26.2 Å². The Bertz CT molecular complexity index is 1100. The second-order valence-electron chi connectivity index (χ2n) is 9.51. The number of nitrogens with zero attached hydrogens (tertiary/aromatic N) is 5. The van der Waals surface area contributed by atoms with E-state index in [4.69, 9.17) is 4.63 Å².